The highest BCUT2D eigenvalue weighted by Crippen LogP contribution is 2.26. The summed E-state index contributed by atoms with van der Waals surface area (Å²) >= 11 is 0. The normalized spacial score (nSPS) is 11.7. The molecule has 22 heavy (non-hydrogen) atoms. The van der Waals surface area contributed by atoms with Crippen molar-refractivity contribution < 1.29 is 14.8 Å². The third-order valence-corrected chi connectivity index (χ3v) is 3.44. The molecule has 0 bridgehead atoms. The number of amides is 1. The molecule has 2 aromatic carbocycles. The quantitative estimate of drug-likeness (QED) is 0.670. The van der Waals surface area contributed by atoms with Crippen LogP contribution in [0.2, 0.25) is 0 Å². The zero-order valence-corrected chi connectivity index (χ0v) is 12.2. The maximum Gasteiger partial charge on any atom is 0.310 e. The molecule has 0 radical (unpaired) electrons. The molecule has 1 amide bonds. The van der Waals surface area contributed by atoms with Crippen molar-refractivity contribution in [3.05, 3.63) is 69.3 Å². The number of rotatable bonds is 4. The van der Waals surface area contributed by atoms with E-state index >= 15 is 0 Å². The molecule has 2 aromatic rings. The number of nitro groups is 1. The van der Waals surface area contributed by atoms with Crippen LogP contribution in [0.3, 0.4) is 0 Å². The summed E-state index contributed by atoms with van der Waals surface area (Å²) < 4.78 is 0. The topological polar surface area (TPSA) is 92.5 Å². The largest absolute Gasteiger partial charge is 0.502 e. The number of aromatic hydroxyl groups is 1. The van der Waals surface area contributed by atoms with E-state index in [1.807, 2.05) is 38.1 Å². The van der Waals surface area contributed by atoms with Crippen LogP contribution in [0.15, 0.2) is 42.5 Å². The zero-order valence-electron chi connectivity index (χ0n) is 12.2. The fourth-order valence-electron chi connectivity index (χ4n) is 2.25. The number of nitrogens with zero attached hydrogens (tertiary/aromatic N) is 1. The van der Waals surface area contributed by atoms with Gasteiger partial charge in [-0.15, -0.1) is 0 Å². The second kappa shape index (κ2) is 6.26. The van der Waals surface area contributed by atoms with Gasteiger partial charge in [0.05, 0.1) is 11.0 Å². The van der Waals surface area contributed by atoms with Gasteiger partial charge in [0.25, 0.3) is 5.91 Å². The predicted molar refractivity (Wildman–Crippen MR) is 81.8 cm³/mol. The summed E-state index contributed by atoms with van der Waals surface area (Å²) in [6, 6.07) is 11.0. The van der Waals surface area contributed by atoms with Crippen LogP contribution in [0.25, 0.3) is 0 Å². The SMILES string of the molecule is Cc1ccccc1[C@H](C)NC(=O)c1ccc([N+](=O)[O-])c(O)c1. The summed E-state index contributed by atoms with van der Waals surface area (Å²) in [7, 11) is 0. The molecule has 114 valence electrons. The maximum atomic E-state index is 12.2. The molecule has 2 rings (SSSR count). The molecule has 0 heterocycles. The van der Waals surface area contributed by atoms with Gasteiger partial charge in [0.2, 0.25) is 0 Å². The molecule has 0 unspecified atom stereocenters. The molecular formula is C16H16N2O4. The number of carbonyl (C=O) groups excluding carboxylic acids is 1. The van der Waals surface area contributed by atoms with Gasteiger partial charge in [0, 0.05) is 11.6 Å². The Kier molecular flexibility index (Phi) is 4.41. The van der Waals surface area contributed by atoms with Crippen molar-refractivity contribution in [1.29, 1.82) is 0 Å². The first-order chi connectivity index (χ1) is 10.4. The van der Waals surface area contributed by atoms with E-state index in [9.17, 15) is 20.0 Å². The number of hydrogen-bond acceptors (Lipinski definition) is 4. The predicted octanol–water partition coefficient (Wildman–Crippen LogP) is 3.10. The Morgan fingerprint density at radius 3 is 2.55 bits per heavy atom. The number of nitrogens with one attached hydrogen (secondary N) is 1. The van der Waals surface area contributed by atoms with Crippen molar-refractivity contribution in [2.24, 2.45) is 0 Å². The summed E-state index contributed by atoms with van der Waals surface area (Å²) in [5.74, 6) is -0.929. The monoisotopic (exact) mass is 300 g/mol. The number of benzene rings is 2. The Labute approximate surface area is 127 Å². The number of phenols is 1. The van der Waals surface area contributed by atoms with Crippen molar-refractivity contribution >= 4 is 11.6 Å². The van der Waals surface area contributed by atoms with Gasteiger partial charge in [-0.3, -0.25) is 14.9 Å². The highest BCUT2D eigenvalue weighted by atomic mass is 16.6. The minimum absolute atomic E-state index is 0.170. The number of carbonyl (C=O) groups is 1. The van der Waals surface area contributed by atoms with Crippen molar-refractivity contribution in [1.82, 2.24) is 5.32 Å². The summed E-state index contributed by atoms with van der Waals surface area (Å²) in [5.41, 5.74) is 1.79. The van der Waals surface area contributed by atoms with Gasteiger partial charge in [-0.2, -0.15) is 0 Å². The second-order valence-corrected chi connectivity index (χ2v) is 5.01. The number of hydrogen-bond donors (Lipinski definition) is 2. The van der Waals surface area contributed by atoms with E-state index in [-0.39, 0.29) is 11.6 Å². The molecule has 0 aromatic heterocycles. The molecule has 0 aliphatic carbocycles. The van der Waals surface area contributed by atoms with Crippen LogP contribution in [0, 0.1) is 17.0 Å². The number of aryl methyl sites for hydroxylation is 1. The molecule has 6 heteroatoms. The van der Waals surface area contributed by atoms with E-state index in [0.717, 1.165) is 23.3 Å². The van der Waals surface area contributed by atoms with E-state index in [0.29, 0.717) is 0 Å². The molecule has 1 atom stereocenters. The molecule has 0 saturated heterocycles. The Morgan fingerprint density at radius 1 is 1.27 bits per heavy atom. The van der Waals surface area contributed by atoms with Crippen LogP contribution in [0.4, 0.5) is 5.69 Å². The standard InChI is InChI=1S/C16H16N2O4/c1-10-5-3-4-6-13(10)11(2)17-16(20)12-7-8-14(18(21)22)15(19)9-12/h3-9,11,19H,1-2H3,(H,17,20)/t11-/m0/s1. The Bertz CT molecular complexity index is 728. The summed E-state index contributed by atoms with van der Waals surface area (Å²) in [6.45, 7) is 3.81. The van der Waals surface area contributed by atoms with Crippen molar-refractivity contribution in [2.75, 3.05) is 0 Å². The third-order valence-electron chi connectivity index (χ3n) is 3.44. The molecular weight excluding hydrogens is 284 g/mol. The molecule has 0 aliphatic rings. The fourth-order valence-corrected chi connectivity index (χ4v) is 2.25. The van der Waals surface area contributed by atoms with E-state index in [2.05, 4.69) is 5.32 Å². The van der Waals surface area contributed by atoms with E-state index < -0.39 is 22.3 Å². The minimum Gasteiger partial charge on any atom is -0.502 e. The van der Waals surface area contributed by atoms with Gasteiger partial charge in [-0.05, 0) is 37.1 Å². The van der Waals surface area contributed by atoms with Gasteiger partial charge in [0.15, 0.2) is 5.75 Å². The molecule has 0 saturated carbocycles. The van der Waals surface area contributed by atoms with Crippen LogP contribution in [-0.2, 0) is 0 Å². The highest BCUT2D eigenvalue weighted by molar-refractivity contribution is 5.95. The molecule has 2 N–H and O–H groups in total. The van der Waals surface area contributed by atoms with Gasteiger partial charge in [-0.1, -0.05) is 24.3 Å². The smallest absolute Gasteiger partial charge is 0.310 e. The van der Waals surface area contributed by atoms with Crippen LogP contribution >= 0.6 is 0 Å². The van der Waals surface area contributed by atoms with E-state index in [1.54, 1.807) is 0 Å². The number of nitro benzene ring substituents is 1. The van der Waals surface area contributed by atoms with Crippen LogP contribution in [-0.4, -0.2) is 15.9 Å². The first kappa shape index (κ1) is 15.5. The number of phenolic OH excluding ortho intramolecular Hbond substituents is 1. The Hall–Kier alpha value is -2.89. The van der Waals surface area contributed by atoms with Gasteiger partial charge >= 0.3 is 5.69 Å². The highest BCUT2D eigenvalue weighted by Gasteiger charge is 2.18. The average molecular weight is 300 g/mol. The maximum absolute atomic E-state index is 12.2. The lowest BCUT2D eigenvalue weighted by Gasteiger charge is -2.16. The van der Waals surface area contributed by atoms with E-state index in [4.69, 9.17) is 0 Å². The fraction of sp³-hybridized carbons (Fsp3) is 0.188. The lowest BCUT2D eigenvalue weighted by atomic mass is 10.0. The van der Waals surface area contributed by atoms with Crippen molar-refractivity contribution in [3.8, 4) is 5.75 Å². The summed E-state index contributed by atoms with van der Waals surface area (Å²) in [5, 5.41) is 23.0. The van der Waals surface area contributed by atoms with E-state index in [1.165, 1.54) is 6.07 Å². The lowest BCUT2D eigenvalue weighted by molar-refractivity contribution is -0.385. The first-order valence-electron chi connectivity index (χ1n) is 6.74. The molecule has 0 fully saturated rings. The van der Waals surface area contributed by atoms with Gasteiger partial charge in [-0.25, -0.2) is 0 Å². The Morgan fingerprint density at radius 2 is 1.95 bits per heavy atom. The van der Waals surface area contributed by atoms with Crippen LogP contribution in [0.5, 0.6) is 5.75 Å². The minimum atomic E-state index is -0.701. The summed E-state index contributed by atoms with van der Waals surface area (Å²) in [6.07, 6.45) is 0. The van der Waals surface area contributed by atoms with Crippen LogP contribution in [0.1, 0.15) is 34.5 Å². The zero-order chi connectivity index (χ0) is 16.3. The first-order valence-corrected chi connectivity index (χ1v) is 6.74. The van der Waals surface area contributed by atoms with Crippen LogP contribution < -0.4 is 5.32 Å². The molecule has 0 aliphatic heterocycles. The lowest BCUT2D eigenvalue weighted by Crippen LogP contribution is -2.27. The Balaban J connectivity index is 2.17. The molecule has 0 spiro atoms. The van der Waals surface area contributed by atoms with Gasteiger partial charge in [0.1, 0.15) is 0 Å². The summed E-state index contributed by atoms with van der Waals surface area (Å²) in [4.78, 5) is 22.1. The molecule has 6 nitrogen and oxygen atoms in total. The van der Waals surface area contributed by atoms with Gasteiger partial charge < -0.3 is 10.4 Å². The van der Waals surface area contributed by atoms with Crippen molar-refractivity contribution in [2.45, 2.75) is 19.9 Å². The van der Waals surface area contributed by atoms with Crippen molar-refractivity contribution in [3.63, 3.8) is 0 Å². The second-order valence-electron chi connectivity index (χ2n) is 5.01. The third kappa shape index (κ3) is 3.22. The average Bonchev–Trinajstić information content (AvgIpc) is 2.46.